The third-order valence-corrected chi connectivity index (χ3v) is 6.40. The standard InChI is InChI=1S/C28H28N2O3/c1-18-13-14-24(33-18)27-26-21(16-28(2,3)17-23(26)31)29-20-11-7-8-12-22(20)30(27)25(32)15-19-9-5-4-6-10-19/h4-14,27,29H,15-17H2,1-3H3/t27-/m1/s1. The summed E-state index contributed by atoms with van der Waals surface area (Å²) in [7, 11) is 0. The highest BCUT2D eigenvalue weighted by atomic mass is 16.3. The van der Waals surface area contributed by atoms with Gasteiger partial charge in [0, 0.05) is 17.7 Å². The summed E-state index contributed by atoms with van der Waals surface area (Å²) >= 11 is 0. The molecule has 5 rings (SSSR count). The third-order valence-electron chi connectivity index (χ3n) is 6.40. The number of hydrogen-bond acceptors (Lipinski definition) is 4. The van der Waals surface area contributed by atoms with Crippen LogP contribution in [-0.2, 0) is 16.0 Å². The van der Waals surface area contributed by atoms with E-state index in [0.29, 0.717) is 17.8 Å². The third kappa shape index (κ3) is 3.99. The van der Waals surface area contributed by atoms with Crippen LogP contribution in [-0.4, -0.2) is 11.7 Å². The largest absolute Gasteiger partial charge is 0.464 e. The van der Waals surface area contributed by atoms with Crippen molar-refractivity contribution >= 4 is 23.1 Å². The molecule has 1 amide bonds. The van der Waals surface area contributed by atoms with Crippen molar-refractivity contribution in [2.45, 2.75) is 46.1 Å². The van der Waals surface area contributed by atoms with E-state index >= 15 is 0 Å². The predicted octanol–water partition coefficient (Wildman–Crippen LogP) is 5.97. The SMILES string of the molecule is Cc1ccc([C@@H]2C3=C(CC(C)(C)CC3=O)Nc3ccccc3N2C(=O)Cc2ccccc2)o1. The highest BCUT2D eigenvalue weighted by Crippen LogP contribution is 2.48. The van der Waals surface area contributed by atoms with Gasteiger partial charge in [0.15, 0.2) is 5.78 Å². The normalized spacial score (nSPS) is 19.4. The Hall–Kier alpha value is -3.60. The first-order chi connectivity index (χ1) is 15.8. The number of nitrogens with zero attached hydrogens (tertiary/aromatic N) is 1. The minimum atomic E-state index is -0.621. The molecule has 0 bridgehead atoms. The summed E-state index contributed by atoms with van der Waals surface area (Å²) in [4.78, 5) is 29.2. The summed E-state index contributed by atoms with van der Waals surface area (Å²) in [6.45, 7) is 6.10. The van der Waals surface area contributed by atoms with Crippen molar-refractivity contribution < 1.29 is 14.0 Å². The molecule has 1 aromatic heterocycles. The minimum Gasteiger partial charge on any atom is -0.464 e. The summed E-state index contributed by atoms with van der Waals surface area (Å²) in [5.74, 6) is 1.32. The van der Waals surface area contributed by atoms with E-state index in [2.05, 4.69) is 19.2 Å². The number of Topliss-reactive ketones (excluding diaryl/α,β-unsaturated/α-hetero) is 1. The number of carbonyl (C=O) groups is 2. The molecule has 0 saturated carbocycles. The van der Waals surface area contributed by atoms with Crippen LogP contribution in [0.15, 0.2) is 82.4 Å². The second-order valence-corrected chi connectivity index (χ2v) is 9.75. The summed E-state index contributed by atoms with van der Waals surface area (Å²) in [6, 6.07) is 20.6. The van der Waals surface area contributed by atoms with E-state index in [1.807, 2.05) is 73.7 Å². The molecule has 5 heteroatoms. The molecule has 1 aliphatic carbocycles. The number of carbonyl (C=O) groups excluding carboxylic acids is 2. The molecule has 33 heavy (non-hydrogen) atoms. The molecule has 5 nitrogen and oxygen atoms in total. The zero-order valence-corrected chi connectivity index (χ0v) is 19.2. The monoisotopic (exact) mass is 440 g/mol. The van der Waals surface area contributed by atoms with Crippen LogP contribution in [0.4, 0.5) is 11.4 Å². The molecule has 0 radical (unpaired) electrons. The van der Waals surface area contributed by atoms with Crippen LogP contribution in [0.1, 0.15) is 49.8 Å². The number of benzene rings is 2. The van der Waals surface area contributed by atoms with E-state index in [0.717, 1.165) is 34.8 Å². The van der Waals surface area contributed by atoms with Crippen LogP contribution in [0.2, 0.25) is 0 Å². The fraction of sp³-hybridized carbons (Fsp3) is 0.286. The molecule has 3 aromatic rings. The summed E-state index contributed by atoms with van der Waals surface area (Å²) in [5, 5.41) is 3.53. The van der Waals surface area contributed by atoms with Crippen molar-refractivity contribution in [3.05, 3.63) is 95.1 Å². The van der Waals surface area contributed by atoms with Gasteiger partial charge in [0.25, 0.3) is 0 Å². The van der Waals surface area contributed by atoms with Crippen LogP contribution in [0.5, 0.6) is 0 Å². The minimum absolute atomic E-state index is 0.0538. The molecule has 0 unspecified atom stereocenters. The molecule has 2 aliphatic rings. The number of fused-ring (bicyclic) bond motifs is 1. The van der Waals surface area contributed by atoms with E-state index in [1.165, 1.54) is 0 Å². The van der Waals surface area contributed by atoms with Gasteiger partial charge in [-0.3, -0.25) is 14.5 Å². The smallest absolute Gasteiger partial charge is 0.232 e. The maximum Gasteiger partial charge on any atom is 0.232 e. The van der Waals surface area contributed by atoms with Gasteiger partial charge >= 0.3 is 0 Å². The number of anilines is 2. The predicted molar refractivity (Wildman–Crippen MR) is 129 cm³/mol. The van der Waals surface area contributed by atoms with E-state index in [-0.39, 0.29) is 23.5 Å². The van der Waals surface area contributed by atoms with Crippen molar-refractivity contribution in [1.82, 2.24) is 0 Å². The van der Waals surface area contributed by atoms with Gasteiger partial charge in [-0.25, -0.2) is 0 Å². The molecule has 1 N–H and O–H groups in total. The Labute approximate surface area is 194 Å². The average molecular weight is 441 g/mol. The number of ketones is 1. The molecule has 0 fully saturated rings. The number of furan rings is 1. The van der Waals surface area contributed by atoms with Gasteiger partial charge in [-0.15, -0.1) is 0 Å². The lowest BCUT2D eigenvalue weighted by Crippen LogP contribution is -2.40. The summed E-state index contributed by atoms with van der Waals surface area (Å²) in [6.07, 6.45) is 1.38. The lowest BCUT2D eigenvalue weighted by Gasteiger charge is -2.36. The molecular formula is C28H28N2O3. The summed E-state index contributed by atoms with van der Waals surface area (Å²) in [5.41, 5.74) is 3.83. The van der Waals surface area contributed by atoms with Crippen LogP contribution in [0.25, 0.3) is 0 Å². The van der Waals surface area contributed by atoms with Crippen LogP contribution in [0.3, 0.4) is 0 Å². The molecule has 0 saturated heterocycles. The zero-order chi connectivity index (χ0) is 23.2. The fourth-order valence-electron chi connectivity index (χ4n) is 4.99. The molecule has 168 valence electrons. The number of amides is 1. The number of nitrogens with one attached hydrogen (secondary N) is 1. The number of para-hydroxylation sites is 2. The first-order valence-corrected chi connectivity index (χ1v) is 11.4. The molecule has 0 spiro atoms. The van der Waals surface area contributed by atoms with E-state index in [9.17, 15) is 9.59 Å². The van der Waals surface area contributed by atoms with Crippen molar-refractivity contribution in [3.63, 3.8) is 0 Å². The molecule has 1 atom stereocenters. The van der Waals surface area contributed by atoms with Gasteiger partial charge < -0.3 is 9.73 Å². The van der Waals surface area contributed by atoms with Crippen molar-refractivity contribution in [3.8, 4) is 0 Å². The van der Waals surface area contributed by atoms with Gasteiger partial charge in [-0.05, 0) is 48.6 Å². The molecular weight excluding hydrogens is 412 g/mol. The van der Waals surface area contributed by atoms with Crippen molar-refractivity contribution in [2.75, 3.05) is 10.2 Å². The Balaban J connectivity index is 1.71. The van der Waals surface area contributed by atoms with Gasteiger partial charge in [0.05, 0.1) is 17.8 Å². The first kappa shape index (κ1) is 21.3. The Kier molecular flexibility index (Phi) is 5.20. The number of hydrogen-bond donors (Lipinski definition) is 1. The maximum atomic E-state index is 13.9. The number of allylic oxidation sites excluding steroid dienone is 1. The van der Waals surface area contributed by atoms with Crippen molar-refractivity contribution in [2.24, 2.45) is 5.41 Å². The highest BCUT2D eigenvalue weighted by Gasteiger charge is 2.44. The van der Waals surface area contributed by atoms with Crippen LogP contribution in [0, 0.1) is 12.3 Å². The fourth-order valence-corrected chi connectivity index (χ4v) is 4.99. The Morgan fingerprint density at radius 2 is 1.76 bits per heavy atom. The van der Waals surface area contributed by atoms with E-state index in [1.54, 1.807) is 4.90 Å². The molecule has 1 aliphatic heterocycles. The van der Waals surface area contributed by atoms with E-state index in [4.69, 9.17) is 4.42 Å². The lowest BCUT2D eigenvalue weighted by atomic mass is 9.74. The van der Waals surface area contributed by atoms with E-state index < -0.39 is 6.04 Å². The van der Waals surface area contributed by atoms with Crippen molar-refractivity contribution in [1.29, 1.82) is 0 Å². The number of rotatable bonds is 3. The zero-order valence-electron chi connectivity index (χ0n) is 19.2. The lowest BCUT2D eigenvalue weighted by molar-refractivity contribution is -0.119. The summed E-state index contributed by atoms with van der Waals surface area (Å²) < 4.78 is 6.07. The average Bonchev–Trinajstić information content (AvgIpc) is 3.13. The topological polar surface area (TPSA) is 62.6 Å². The second-order valence-electron chi connectivity index (χ2n) is 9.75. The van der Waals surface area contributed by atoms with Gasteiger partial charge in [0.1, 0.15) is 17.6 Å². The second kappa shape index (κ2) is 8.07. The van der Waals surface area contributed by atoms with Crippen LogP contribution < -0.4 is 10.2 Å². The number of aryl methyl sites for hydroxylation is 1. The van der Waals surface area contributed by atoms with Gasteiger partial charge in [-0.1, -0.05) is 56.3 Å². The maximum absolute atomic E-state index is 13.9. The Morgan fingerprint density at radius 3 is 2.48 bits per heavy atom. The molecule has 2 aromatic carbocycles. The van der Waals surface area contributed by atoms with Crippen LogP contribution >= 0.6 is 0 Å². The first-order valence-electron chi connectivity index (χ1n) is 11.4. The Morgan fingerprint density at radius 1 is 1.03 bits per heavy atom. The quantitative estimate of drug-likeness (QED) is 0.545. The van der Waals surface area contributed by atoms with Gasteiger partial charge in [0.2, 0.25) is 5.91 Å². The van der Waals surface area contributed by atoms with Gasteiger partial charge in [-0.2, -0.15) is 0 Å². The highest BCUT2D eigenvalue weighted by molar-refractivity contribution is 6.06. The molecule has 2 heterocycles. The Bertz CT molecular complexity index is 1250.